The van der Waals surface area contributed by atoms with Crippen LogP contribution in [0.5, 0.6) is 0 Å². The van der Waals surface area contributed by atoms with Gasteiger partial charge in [-0.05, 0) is 37.1 Å². The molecule has 1 aromatic heterocycles. The molecule has 1 aliphatic heterocycles. The second kappa shape index (κ2) is 8.94. The third kappa shape index (κ3) is 4.93. The van der Waals surface area contributed by atoms with Gasteiger partial charge in [0.2, 0.25) is 21.8 Å². The van der Waals surface area contributed by atoms with Crippen molar-refractivity contribution in [3.8, 4) is 0 Å². The van der Waals surface area contributed by atoms with E-state index in [0.717, 1.165) is 0 Å². The highest BCUT2D eigenvalue weighted by atomic mass is 32.2. The third-order valence-electron chi connectivity index (χ3n) is 4.49. The van der Waals surface area contributed by atoms with Crippen LogP contribution in [0.15, 0.2) is 59.6 Å². The minimum atomic E-state index is -3.63. The van der Waals surface area contributed by atoms with Crippen molar-refractivity contribution in [2.75, 3.05) is 25.0 Å². The Balaban J connectivity index is 1.55. The Hall–Kier alpha value is -2.78. The van der Waals surface area contributed by atoms with E-state index in [4.69, 9.17) is 0 Å². The average molecular weight is 402 g/mol. The number of pyridine rings is 1. The first-order valence-corrected chi connectivity index (χ1v) is 10.4. The summed E-state index contributed by atoms with van der Waals surface area (Å²) in [5.74, 6) is -0.810. The topological polar surface area (TPSA) is 108 Å². The molecule has 0 bridgehead atoms. The average Bonchev–Trinajstić information content (AvgIpc) is 2.73. The van der Waals surface area contributed by atoms with E-state index in [1.807, 2.05) is 0 Å². The van der Waals surface area contributed by atoms with Gasteiger partial charge in [-0.3, -0.25) is 9.59 Å². The number of hydrogen-bond donors (Lipinski definition) is 2. The normalized spacial score (nSPS) is 17.6. The molecular formula is C19H22N4O4S. The van der Waals surface area contributed by atoms with Gasteiger partial charge >= 0.3 is 0 Å². The van der Waals surface area contributed by atoms with Crippen LogP contribution in [0.3, 0.4) is 0 Å². The maximum Gasteiger partial charge on any atom is 0.244 e. The number of aromatic nitrogens is 1. The van der Waals surface area contributed by atoms with Crippen LogP contribution in [-0.4, -0.2) is 49.2 Å². The molecule has 2 heterocycles. The van der Waals surface area contributed by atoms with E-state index in [2.05, 4.69) is 15.6 Å². The predicted molar refractivity (Wildman–Crippen MR) is 104 cm³/mol. The number of hydrogen-bond acceptors (Lipinski definition) is 5. The van der Waals surface area contributed by atoms with Gasteiger partial charge in [-0.2, -0.15) is 4.31 Å². The molecule has 148 valence electrons. The molecule has 2 amide bonds. The van der Waals surface area contributed by atoms with E-state index in [1.165, 1.54) is 4.31 Å². The van der Waals surface area contributed by atoms with Crippen LogP contribution in [0.1, 0.15) is 12.8 Å². The lowest BCUT2D eigenvalue weighted by molar-refractivity contribution is -0.128. The summed E-state index contributed by atoms with van der Waals surface area (Å²) in [6, 6.07) is 13.3. The number of piperidine rings is 1. The first-order chi connectivity index (χ1) is 13.5. The van der Waals surface area contributed by atoms with Crippen molar-refractivity contribution < 1.29 is 18.0 Å². The molecule has 1 saturated heterocycles. The van der Waals surface area contributed by atoms with Gasteiger partial charge in [-0.1, -0.05) is 24.3 Å². The summed E-state index contributed by atoms with van der Waals surface area (Å²) in [7, 11) is -3.63. The highest BCUT2D eigenvalue weighted by Crippen LogP contribution is 2.23. The summed E-state index contributed by atoms with van der Waals surface area (Å²) >= 11 is 0. The van der Waals surface area contributed by atoms with Crippen LogP contribution < -0.4 is 10.6 Å². The van der Waals surface area contributed by atoms with Crippen molar-refractivity contribution in [1.29, 1.82) is 0 Å². The summed E-state index contributed by atoms with van der Waals surface area (Å²) < 4.78 is 26.8. The lowest BCUT2D eigenvalue weighted by Crippen LogP contribution is -2.46. The number of carbonyl (C=O) groups is 2. The van der Waals surface area contributed by atoms with E-state index < -0.39 is 21.8 Å². The van der Waals surface area contributed by atoms with E-state index in [0.29, 0.717) is 25.2 Å². The summed E-state index contributed by atoms with van der Waals surface area (Å²) in [6.45, 7) is 0.281. The van der Waals surface area contributed by atoms with Gasteiger partial charge in [0.15, 0.2) is 0 Å². The molecule has 0 radical (unpaired) electrons. The van der Waals surface area contributed by atoms with Crippen LogP contribution >= 0.6 is 0 Å². The number of anilines is 1. The standard InChI is InChI=1S/C19H22N4O4S/c24-18(22-17-10-4-5-11-20-17)13-21-19(25)15-7-6-12-23(14-15)28(26,27)16-8-2-1-3-9-16/h1-5,8-11,15H,6-7,12-14H2,(H,21,25)(H,20,22,24)/t15-/m1/s1. The molecule has 28 heavy (non-hydrogen) atoms. The van der Waals surface area contributed by atoms with Crippen molar-refractivity contribution in [3.05, 3.63) is 54.7 Å². The maximum atomic E-state index is 12.7. The first kappa shape index (κ1) is 20.0. The Morgan fingerprint density at radius 1 is 1.11 bits per heavy atom. The van der Waals surface area contributed by atoms with Crippen LogP contribution in [0, 0.1) is 5.92 Å². The zero-order valence-electron chi connectivity index (χ0n) is 15.2. The van der Waals surface area contributed by atoms with Crippen LogP contribution in [0.4, 0.5) is 5.82 Å². The Bertz CT molecular complexity index is 919. The molecule has 1 aliphatic rings. The van der Waals surface area contributed by atoms with Crippen molar-refractivity contribution in [3.63, 3.8) is 0 Å². The molecule has 0 aliphatic carbocycles. The fraction of sp³-hybridized carbons (Fsp3) is 0.316. The minimum absolute atomic E-state index is 0.102. The minimum Gasteiger partial charge on any atom is -0.347 e. The maximum absolute atomic E-state index is 12.7. The third-order valence-corrected chi connectivity index (χ3v) is 6.37. The highest BCUT2D eigenvalue weighted by molar-refractivity contribution is 7.89. The Labute approximate surface area is 164 Å². The molecule has 2 aromatic rings. The van der Waals surface area contributed by atoms with Gasteiger partial charge in [0.1, 0.15) is 5.82 Å². The molecular weight excluding hydrogens is 380 g/mol. The van der Waals surface area contributed by atoms with Crippen molar-refractivity contribution in [1.82, 2.24) is 14.6 Å². The van der Waals surface area contributed by atoms with Gasteiger partial charge < -0.3 is 10.6 Å². The highest BCUT2D eigenvalue weighted by Gasteiger charge is 2.33. The van der Waals surface area contributed by atoms with Crippen LogP contribution in [0.2, 0.25) is 0 Å². The van der Waals surface area contributed by atoms with Gasteiger partial charge in [-0.25, -0.2) is 13.4 Å². The molecule has 0 spiro atoms. The number of nitrogens with one attached hydrogen (secondary N) is 2. The van der Waals surface area contributed by atoms with Gasteiger partial charge in [0.05, 0.1) is 17.4 Å². The molecule has 9 heteroatoms. The van der Waals surface area contributed by atoms with Crippen LogP contribution in [0.25, 0.3) is 0 Å². The second-order valence-electron chi connectivity index (χ2n) is 6.50. The summed E-state index contributed by atoms with van der Waals surface area (Å²) in [5.41, 5.74) is 0. The van der Waals surface area contributed by atoms with Crippen molar-refractivity contribution in [2.45, 2.75) is 17.7 Å². The Morgan fingerprint density at radius 2 is 1.86 bits per heavy atom. The zero-order valence-corrected chi connectivity index (χ0v) is 16.1. The largest absolute Gasteiger partial charge is 0.347 e. The summed E-state index contributed by atoms with van der Waals surface area (Å²) in [6.07, 6.45) is 2.72. The molecule has 1 aromatic carbocycles. The van der Waals surface area contributed by atoms with Gasteiger partial charge in [0.25, 0.3) is 0 Å². The number of sulfonamides is 1. The fourth-order valence-electron chi connectivity index (χ4n) is 3.05. The van der Waals surface area contributed by atoms with Gasteiger partial charge in [-0.15, -0.1) is 0 Å². The van der Waals surface area contributed by atoms with E-state index >= 15 is 0 Å². The lowest BCUT2D eigenvalue weighted by atomic mass is 9.99. The Morgan fingerprint density at radius 3 is 2.57 bits per heavy atom. The van der Waals surface area contributed by atoms with Crippen LogP contribution in [-0.2, 0) is 19.6 Å². The number of amides is 2. The molecule has 8 nitrogen and oxygen atoms in total. The number of carbonyl (C=O) groups excluding carboxylic acids is 2. The van der Waals surface area contributed by atoms with E-state index in [-0.39, 0.29) is 23.9 Å². The van der Waals surface area contributed by atoms with Gasteiger partial charge in [0, 0.05) is 19.3 Å². The number of benzene rings is 1. The number of rotatable bonds is 6. The fourth-order valence-corrected chi connectivity index (χ4v) is 4.60. The molecule has 0 unspecified atom stereocenters. The quantitative estimate of drug-likeness (QED) is 0.756. The molecule has 1 atom stereocenters. The molecule has 1 fully saturated rings. The SMILES string of the molecule is O=C(CNC(=O)[C@@H]1CCCN(S(=O)(=O)c2ccccc2)C1)Nc1ccccn1. The predicted octanol–water partition coefficient (Wildman–Crippen LogP) is 1.24. The number of nitrogens with zero attached hydrogens (tertiary/aromatic N) is 2. The Kier molecular flexibility index (Phi) is 6.37. The monoisotopic (exact) mass is 402 g/mol. The smallest absolute Gasteiger partial charge is 0.244 e. The van der Waals surface area contributed by atoms with Crippen molar-refractivity contribution >= 4 is 27.7 Å². The molecule has 3 rings (SSSR count). The zero-order chi connectivity index (χ0) is 20.0. The second-order valence-corrected chi connectivity index (χ2v) is 8.43. The van der Waals surface area contributed by atoms with Crippen molar-refractivity contribution in [2.24, 2.45) is 5.92 Å². The van der Waals surface area contributed by atoms with E-state index in [9.17, 15) is 18.0 Å². The first-order valence-electron chi connectivity index (χ1n) is 9.00. The van der Waals surface area contributed by atoms with E-state index in [1.54, 1.807) is 54.7 Å². The molecule has 2 N–H and O–H groups in total. The molecule has 0 saturated carbocycles. The lowest BCUT2D eigenvalue weighted by Gasteiger charge is -2.31. The summed E-state index contributed by atoms with van der Waals surface area (Å²) in [5, 5.41) is 5.17. The summed E-state index contributed by atoms with van der Waals surface area (Å²) in [4.78, 5) is 28.6.